The number of aromatic nitrogens is 2. The van der Waals surface area contributed by atoms with Crippen LogP contribution in [0.25, 0.3) is 11.3 Å². The standard InChI is InChI=1S/C14H11ClFN3/c1-3-12-18-13(8(2)14(15)19-12)10-4-9(7-17)5-11(16)6-10/h4-6H,3H2,1-2H3. The summed E-state index contributed by atoms with van der Waals surface area (Å²) in [5, 5.41) is 9.23. The molecule has 19 heavy (non-hydrogen) atoms. The fourth-order valence-electron chi connectivity index (χ4n) is 1.76. The molecule has 5 heteroatoms. The van der Waals surface area contributed by atoms with Crippen molar-refractivity contribution < 1.29 is 4.39 Å². The lowest BCUT2D eigenvalue weighted by atomic mass is 10.0. The van der Waals surface area contributed by atoms with Crippen LogP contribution in [0.15, 0.2) is 18.2 Å². The molecule has 2 aromatic rings. The average Bonchev–Trinajstić information content (AvgIpc) is 2.40. The topological polar surface area (TPSA) is 49.6 Å². The molecule has 0 atom stereocenters. The number of nitriles is 1. The van der Waals surface area contributed by atoms with Gasteiger partial charge in [0.15, 0.2) is 0 Å². The van der Waals surface area contributed by atoms with Crippen LogP contribution in [-0.2, 0) is 6.42 Å². The molecule has 0 aliphatic heterocycles. The molecule has 0 saturated heterocycles. The molecule has 2 rings (SSSR count). The number of benzene rings is 1. The summed E-state index contributed by atoms with van der Waals surface area (Å²) in [6.45, 7) is 3.69. The van der Waals surface area contributed by atoms with Crippen LogP contribution in [0.3, 0.4) is 0 Å². The quantitative estimate of drug-likeness (QED) is 0.786. The SMILES string of the molecule is CCc1nc(Cl)c(C)c(-c2cc(F)cc(C#N)c2)n1. The normalized spacial score (nSPS) is 10.3. The fraction of sp³-hybridized carbons (Fsp3) is 0.214. The van der Waals surface area contributed by atoms with Crippen molar-refractivity contribution in [1.82, 2.24) is 9.97 Å². The van der Waals surface area contributed by atoms with Crippen molar-refractivity contribution in [2.45, 2.75) is 20.3 Å². The lowest BCUT2D eigenvalue weighted by molar-refractivity contribution is 0.627. The van der Waals surface area contributed by atoms with Crippen LogP contribution in [0, 0.1) is 24.1 Å². The molecule has 0 saturated carbocycles. The van der Waals surface area contributed by atoms with Crippen molar-refractivity contribution in [1.29, 1.82) is 5.26 Å². The van der Waals surface area contributed by atoms with Gasteiger partial charge in [-0.15, -0.1) is 0 Å². The van der Waals surface area contributed by atoms with Crippen LogP contribution in [0.5, 0.6) is 0 Å². The van der Waals surface area contributed by atoms with Gasteiger partial charge < -0.3 is 0 Å². The summed E-state index contributed by atoms with van der Waals surface area (Å²) < 4.78 is 13.5. The highest BCUT2D eigenvalue weighted by Gasteiger charge is 2.12. The Morgan fingerprint density at radius 1 is 1.32 bits per heavy atom. The molecule has 0 radical (unpaired) electrons. The van der Waals surface area contributed by atoms with E-state index in [0.29, 0.717) is 34.2 Å². The van der Waals surface area contributed by atoms with E-state index in [0.717, 1.165) is 0 Å². The van der Waals surface area contributed by atoms with Gasteiger partial charge >= 0.3 is 0 Å². The second kappa shape index (κ2) is 5.33. The third-order valence-corrected chi connectivity index (χ3v) is 3.12. The number of aryl methyl sites for hydroxylation is 1. The molecule has 1 heterocycles. The lowest BCUT2D eigenvalue weighted by Crippen LogP contribution is -2.00. The van der Waals surface area contributed by atoms with E-state index >= 15 is 0 Å². The zero-order valence-corrected chi connectivity index (χ0v) is 11.3. The Labute approximate surface area is 115 Å². The highest BCUT2D eigenvalue weighted by molar-refractivity contribution is 6.30. The minimum Gasteiger partial charge on any atom is -0.233 e. The van der Waals surface area contributed by atoms with Gasteiger partial charge in [-0.2, -0.15) is 5.26 Å². The minimum absolute atomic E-state index is 0.252. The predicted octanol–water partition coefficient (Wildman–Crippen LogP) is 3.68. The highest BCUT2D eigenvalue weighted by Crippen LogP contribution is 2.27. The van der Waals surface area contributed by atoms with Gasteiger partial charge in [-0.3, -0.25) is 0 Å². The summed E-state index contributed by atoms with van der Waals surface area (Å²) in [6.07, 6.45) is 0.632. The number of nitrogens with zero attached hydrogens (tertiary/aromatic N) is 3. The van der Waals surface area contributed by atoms with Crippen molar-refractivity contribution in [3.63, 3.8) is 0 Å². The first-order valence-electron chi connectivity index (χ1n) is 5.79. The van der Waals surface area contributed by atoms with Crippen molar-refractivity contribution in [3.05, 3.63) is 46.1 Å². The molecule has 0 N–H and O–H groups in total. The van der Waals surface area contributed by atoms with E-state index in [1.807, 2.05) is 13.0 Å². The summed E-state index contributed by atoms with van der Waals surface area (Å²) in [4.78, 5) is 8.50. The van der Waals surface area contributed by atoms with E-state index in [1.165, 1.54) is 12.1 Å². The Bertz CT molecular complexity index is 677. The Kier molecular flexibility index (Phi) is 3.77. The minimum atomic E-state index is -0.471. The molecule has 0 spiro atoms. The van der Waals surface area contributed by atoms with Crippen LogP contribution in [0.2, 0.25) is 5.15 Å². The lowest BCUT2D eigenvalue weighted by Gasteiger charge is -2.09. The first-order chi connectivity index (χ1) is 9.05. The number of hydrogen-bond acceptors (Lipinski definition) is 3. The average molecular weight is 276 g/mol. The Morgan fingerprint density at radius 3 is 2.68 bits per heavy atom. The highest BCUT2D eigenvalue weighted by atomic mass is 35.5. The fourth-order valence-corrected chi connectivity index (χ4v) is 1.95. The zero-order chi connectivity index (χ0) is 14.0. The summed E-state index contributed by atoms with van der Waals surface area (Å²) in [6, 6.07) is 6.04. The second-order valence-corrected chi connectivity index (χ2v) is 4.46. The van der Waals surface area contributed by atoms with Gasteiger partial charge in [-0.25, -0.2) is 14.4 Å². The summed E-state index contributed by atoms with van der Waals surface area (Å²) in [7, 11) is 0. The molecule has 0 amide bonds. The molecule has 0 aliphatic carbocycles. The van der Waals surface area contributed by atoms with Crippen molar-refractivity contribution in [2.24, 2.45) is 0 Å². The zero-order valence-electron chi connectivity index (χ0n) is 10.5. The van der Waals surface area contributed by atoms with Crippen molar-refractivity contribution >= 4 is 11.6 Å². The monoisotopic (exact) mass is 275 g/mol. The first kappa shape index (κ1) is 13.4. The van der Waals surface area contributed by atoms with Gasteiger partial charge in [0, 0.05) is 17.5 Å². The van der Waals surface area contributed by atoms with Crippen LogP contribution >= 0.6 is 11.6 Å². The molecule has 1 aromatic carbocycles. The molecule has 0 bridgehead atoms. The van der Waals surface area contributed by atoms with E-state index in [9.17, 15) is 4.39 Å². The molecule has 0 aliphatic rings. The van der Waals surface area contributed by atoms with E-state index in [1.54, 1.807) is 13.0 Å². The predicted molar refractivity (Wildman–Crippen MR) is 71.3 cm³/mol. The van der Waals surface area contributed by atoms with Crippen LogP contribution in [0.1, 0.15) is 23.9 Å². The maximum Gasteiger partial charge on any atom is 0.136 e. The third kappa shape index (κ3) is 2.72. The van der Waals surface area contributed by atoms with E-state index in [-0.39, 0.29) is 5.56 Å². The molecule has 1 aromatic heterocycles. The van der Waals surface area contributed by atoms with Crippen LogP contribution in [0.4, 0.5) is 4.39 Å². The van der Waals surface area contributed by atoms with Gasteiger partial charge in [0.25, 0.3) is 0 Å². The summed E-state index contributed by atoms with van der Waals surface area (Å²) >= 11 is 6.05. The van der Waals surface area contributed by atoms with E-state index < -0.39 is 5.82 Å². The largest absolute Gasteiger partial charge is 0.233 e. The maximum atomic E-state index is 13.5. The van der Waals surface area contributed by atoms with Gasteiger partial charge in [0.2, 0.25) is 0 Å². The molecule has 96 valence electrons. The number of halogens is 2. The maximum absolute atomic E-state index is 13.5. The number of hydrogen-bond donors (Lipinski definition) is 0. The van der Waals surface area contributed by atoms with Gasteiger partial charge in [-0.05, 0) is 25.1 Å². The van der Waals surface area contributed by atoms with E-state index in [2.05, 4.69) is 9.97 Å². The Balaban J connectivity index is 2.68. The Hall–Kier alpha value is -1.99. The molecule has 0 fully saturated rings. The smallest absolute Gasteiger partial charge is 0.136 e. The molecular formula is C14H11ClFN3. The Morgan fingerprint density at radius 2 is 2.05 bits per heavy atom. The number of rotatable bonds is 2. The summed E-state index contributed by atoms with van der Waals surface area (Å²) in [5.74, 6) is 0.120. The van der Waals surface area contributed by atoms with Crippen LogP contribution < -0.4 is 0 Å². The summed E-state index contributed by atoms with van der Waals surface area (Å²) in [5.41, 5.74) is 2.02. The van der Waals surface area contributed by atoms with Crippen molar-refractivity contribution in [3.8, 4) is 17.3 Å². The van der Waals surface area contributed by atoms with Crippen LogP contribution in [-0.4, -0.2) is 9.97 Å². The molecule has 3 nitrogen and oxygen atoms in total. The third-order valence-electron chi connectivity index (χ3n) is 2.75. The van der Waals surface area contributed by atoms with Gasteiger partial charge in [-0.1, -0.05) is 18.5 Å². The van der Waals surface area contributed by atoms with Crippen molar-refractivity contribution in [2.75, 3.05) is 0 Å². The second-order valence-electron chi connectivity index (χ2n) is 4.10. The van der Waals surface area contributed by atoms with E-state index in [4.69, 9.17) is 16.9 Å². The van der Waals surface area contributed by atoms with Gasteiger partial charge in [0.1, 0.15) is 16.8 Å². The molecule has 0 unspecified atom stereocenters. The molecular weight excluding hydrogens is 265 g/mol. The van der Waals surface area contributed by atoms with Gasteiger partial charge in [0.05, 0.1) is 17.3 Å². The first-order valence-corrected chi connectivity index (χ1v) is 6.17.